The molecular weight excluding hydrogens is 362 g/mol. The average molecular weight is 396 g/mol. The highest BCUT2D eigenvalue weighted by Gasteiger charge is 2.39. The van der Waals surface area contributed by atoms with E-state index in [9.17, 15) is 4.79 Å². The van der Waals surface area contributed by atoms with E-state index in [1.54, 1.807) is 11.8 Å². The van der Waals surface area contributed by atoms with E-state index in [0.717, 1.165) is 17.9 Å². The molecule has 1 heterocycles. The van der Waals surface area contributed by atoms with Crippen molar-refractivity contribution in [2.24, 2.45) is 11.3 Å². The number of rotatable bonds is 8. The Morgan fingerprint density at radius 2 is 1.93 bits per heavy atom. The fourth-order valence-electron chi connectivity index (χ4n) is 3.67. The number of thioether (sulfide) groups is 1. The zero-order chi connectivity index (χ0) is 19.9. The molecule has 4 N–H and O–H groups in total. The summed E-state index contributed by atoms with van der Waals surface area (Å²) < 4.78 is 0. The minimum absolute atomic E-state index is 0.0538. The van der Waals surface area contributed by atoms with Gasteiger partial charge in [-0.05, 0) is 48.9 Å². The average Bonchev–Trinajstić information content (AvgIpc) is 2.65. The smallest absolute Gasteiger partial charge is 0.314 e. The van der Waals surface area contributed by atoms with Gasteiger partial charge in [0.1, 0.15) is 0 Å². The number of carbonyl (C=O) groups excluding carboxylic acids is 1. The van der Waals surface area contributed by atoms with Crippen LogP contribution in [0.4, 0.5) is 10.5 Å². The molecule has 2 rings (SSSR count). The number of nitrogens with one attached hydrogen (secondary N) is 2. The van der Waals surface area contributed by atoms with Gasteiger partial charge in [0.05, 0.1) is 13.2 Å². The lowest BCUT2D eigenvalue weighted by atomic mass is 9.73. The van der Waals surface area contributed by atoms with E-state index in [0.29, 0.717) is 24.3 Å². The van der Waals surface area contributed by atoms with Gasteiger partial charge in [0.15, 0.2) is 0 Å². The highest BCUT2D eigenvalue weighted by molar-refractivity contribution is 7.99. The quantitative estimate of drug-likeness (QED) is 0.508. The minimum Gasteiger partial charge on any atom is -0.396 e. The van der Waals surface area contributed by atoms with Crippen LogP contribution in [-0.2, 0) is 0 Å². The second-order valence-corrected chi connectivity index (χ2v) is 8.98. The number of aliphatic hydroxyl groups is 2. The second-order valence-electron chi connectivity index (χ2n) is 7.81. The van der Waals surface area contributed by atoms with Crippen LogP contribution < -0.4 is 15.5 Å². The van der Waals surface area contributed by atoms with E-state index in [1.807, 2.05) is 0 Å². The zero-order valence-corrected chi connectivity index (χ0v) is 17.4. The first kappa shape index (κ1) is 21.9. The highest BCUT2D eigenvalue weighted by atomic mass is 32.2. The van der Waals surface area contributed by atoms with Crippen molar-refractivity contribution in [1.29, 1.82) is 0 Å². The first-order valence-electron chi connectivity index (χ1n) is 9.60. The Morgan fingerprint density at radius 1 is 1.22 bits per heavy atom. The predicted octanol–water partition coefficient (Wildman–Crippen LogP) is 2.30. The molecule has 7 heteroatoms. The van der Waals surface area contributed by atoms with Crippen molar-refractivity contribution in [1.82, 2.24) is 10.6 Å². The molecule has 0 aliphatic carbocycles. The van der Waals surface area contributed by atoms with Crippen LogP contribution in [0, 0.1) is 11.3 Å². The van der Waals surface area contributed by atoms with Crippen molar-refractivity contribution >= 4 is 23.5 Å². The Balaban J connectivity index is 2.02. The molecule has 1 aliphatic rings. The molecular formula is C20H33N3O3S. The number of piperidine rings is 1. The van der Waals surface area contributed by atoms with E-state index >= 15 is 0 Å². The van der Waals surface area contributed by atoms with Gasteiger partial charge < -0.3 is 25.7 Å². The van der Waals surface area contributed by atoms with E-state index in [4.69, 9.17) is 10.2 Å². The Labute approximate surface area is 166 Å². The van der Waals surface area contributed by atoms with E-state index in [1.165, 1.54) is 5.69 Å². The first-order valence-corrected chi connectivity index (χ1v) is 10.6. The van der Waals surface area contributed by atoms with Gasteiger partial charge in [-0.15, -0.1) is 11.8 Å². The van der Waals surface area contributed by atoms with Crippen LogP contribution in [0.15, 0.2) is 29.2 Å². The van der Waals surface area contributed by atoms with Gasteiger partial charge in [-0.2, -0.15) is 0 Å². The molecule has 0 saturated carbocycles. The van der Waals surface area contributed by atoms with Crippen LogP contribution in [0.1, 0.15) is 27.2 Å². The van der Waals surface area contributed by atoms with Gasteiger partial charge in [-0.3, -0.25) is 0 Å². The molecule has 6 nitrogen and oxygen atoms in total. The summed E-state index contributed by atoms with van der Waals surface area (Å²) in [5.41, 5.74) is 1.33. The molecule has 0 aromatic heterocycles. The molecule has 0 spiro atoms. The largest absolute Gasteiger partial charge is 0.396 e. The monoisotopic (exact) mass is 395 g/mol. The zero-order valence-electron chi connectivity index (χ0n) is 16.6. The predicted molar refractivity (Wildman–Crippen MR) is 111 cm³/mol. The van der Waals surface area contributed by atoms with Gasteiger partial charge in [-0.25, -0.2) is 4.79 Å². The normalized spacial score (nSPS) is 21.7. The lowest BCUT2D eigenvalue weighted by Crippen LogP contribution is -2.54. The molecule has 152 valence electrons. The first-order chi connectivity index (χ1) is 12.9. The summed E-state index contributed by atoms with van der Waals surface area (Å²) in [5.74, 6) is 1.07. The van der Waals surface area contributed by atoms with Crippen molar-refractivity contribution in [3.63, 3.8) is 0 Å². The number of urea groups is 1. The maximum atomic E-state index is 11.8. The number of anilines is 1. The number of aliphatic hydroxyl groups excluding tert-OH is 2. The van der Waals surface area contributed by atoms with Crippen molar-refractivity contribution in [2.75, 3.05) is 43.5 Å². The van der Waals surface area contributed by atoms with Gasteiger partial charge in [-0.1, -0.05) is 13.8 Å². The summed E-state index contributed by atoms with van der Waals surface area (Å²) in [6.07, 6.45) is 1.05. The van der Waals surface area contributed by atoms with E-state index in [-0.39, 0.29) is 31.2 Å². The lowest BCUT2D eigenvalue weighted by Gasteiger charge is -2.49. The Hall–Kier alpha value is -1.44. The van der Waals surface area contributed by atoms with Crippen molar-refractivity contribution in [3.8, 4) is 0 Å². The molecule has 1 saturated heterocycles. The summed E-state index contributed by atoms with van der Waals surface area (Å²) in [6.45, 7) is 8.76. The third kappa shape index (κ3) is 6.30. The molecule has 1 aliphatic heterocycles. The standard InChI is InChI=1S/C20H33N3O3S/c1-15-20(2,3)12-16(13-22-19(26)21-8-9-24)14-23(15)17-4-6-18(7-5-17)27-11-10-25/h4-7,15-16,24-25H,8-14H2,1-3H3,(H2,21,22,26). The number of nitrogens with zero attached hydrogens (tertiary/aromatic N) is 1. The maximum Gasteiger partial charge on any atom is 0.314 e. The van der Waals surface area contributed by atoms with Crippen LogP contribution in [0.3, 0.4) is 0 Å². The Morgan fingerprint density at radius 3 is 2.56 bits per heavy atom. The highest BCUT2D eigenvalue weighted by Crippen LogP contribution is 2.40. The van der Waals surface area contributed by atoms with Crippen LogP contribution in [0.5, 0.6) is 0 Å². The molecule has 1 aromatic carbocycles. The molecule has 1 fully saturated rings. The summed E-state index contributed by atoms with van der Waals surface area (Å²) >= 11 is 1.65. The van der Waals surface area contributed by atoms with E-state index < -0.39 is 0 Å². The molecule has 0 radical (unpaired) electrons. The lowest BCUT2D eigenvalue weighted by molar-refractivity contribution is 0.170. The van der Waals surface area contributed by atoms with Gasteiger partial charge in [0.2, 0.25) is 0 Å². The van der Waals surface area contributed by atoms with Crippen LogP contribution in [-0.4, -0.2) is 60.9 Å². The van der Waals surface area contributed by atoms with Crippen LogP contribution in [0.25, 0.3) is 0 Å². The van der Waals surface area contributed by atoms with Gasteiger partial charge >= 0.3 is 6.03 Å². The third-order valence-corrected chi connectivity index (χ3v) is 6.34. The molecule has 2 unspecified atom stereocenters. The minimum atomic E-state index is -0.225. The maximum absolute atomic E-state index is 11.8. The van der Waals surface area contributed by atoms with Crippen molar-refractivity contribution in [3.05, 3.63) is 24.3 Å². The van der Waals surface area contributed by atoms with Crippen molar-refractivity contribution < 1.29 is 15.0 Å². The summed E-state index contributed by atoms with van der Waals surface area (Å²) in [5, 5.41) is 23.3. The van der Waals surface area contributed by atoms with Crippen LogP contribution in [0.2, 0.25) is 0 Å². The Bertz CT molecular complexity index is 595. The summed E-state index contributed by atoms with van der Waals surface area (Å²) in [6, 6.07) is 8.69. The SMILES string of the molecule is CC1N(c2ccc(SCCO)cc2)CC(CNC(=O)NCCO)CC1(C)C. The number of benzene rings is 1. The molecule has 0 bridgehead atoms. The summed E-state index contributed by atoms with van der Waals surface area (Å²) in [7, 11) is 0. The summed E-state index contributed by atoms with van der Waals surface area (Å²) in [4.78, 5) is 15.4. The molecule has 27 heavy (non-hydrogen) atoms. The fourth-order valence-corrected chi connectivity index (χ4v) is 4.32. The van der Waals surface area contributed by atoms with Gasteiger partial charge in [0, 0.05) is 42.0 Å². The van der Waals surface area contributed by atoms with Crippen LogP contribution >= 0.6 is 11.8 Å². The Kier molecular flexibility index (Phi) is 8.26. The number of hydrogen-bond acceptors (Lipinski definition) is 5. The van der Waals surface area contributed by atoms with Gasteiger partial charge in [0.25, 0.3) is 0 Å². The number of hydrogen-bond donors (Lipinski definition) is 4. The topological polar surface area (TPSA) is 84.8 Å². The molecule has 1 aromatic rings. The number of carbonyl (C=O) groups is 1. The fraction of sp³-hybridized carbons (Fsp3) is 0.650. The number of amides is 2. The molecule has 2 amide bonds. The van der Waals surface area contributed by atoms with E-state index in [2.05, 4.69) is 60.6 Å². The second kappa shape index (κ2) is 10.2. The van der Waals surface area contributed by atoms with Crippen molar-refractivity contribution in [2.45, 2.75) is 38.1 Å². The molecule has 2 atom stereocenters. The third-order valence-electron chi connectivity index (χ3n) is 5.35.